The molecule has 0 saturated carbocycles. The Hall–Kier alpha value is -3.96. The number of ether oxygens (including phenoxy) is 3. The van der Waals surface area contributed by atoms with Gasteiger partial charge < -0.3 is 19.5 Å². The third kappa shape index (κ3) is 5.95. The molecular weight excluding hydrogens is 476 g/mol. The number of hydrogen-bond acceptors (Lipinski definition) is 7. The lowest BCUT2D eigenvalue weighted by Gasteiger charge is -2.38. The number of likely N-dealkylation sites (tertiary alicyclic amines) is 1. The Kier molecular flexibility index (Phi) is 7.85. The Morgan fingerprint density at radius 2 is 1.74 bits per heavy atom. The molecule has 1 saturated heterocycles. The third-order valence-electron chi connectivity index (χ3n) is 6.94. The summed E-state index contributed by atoms with van der Waals surface area (Å²) in [6, 6.07) is 21.8. The SMILES string of the molecule is COC1(OC)CCN(CC#Cc2ccc3ncnc(Nc4ccc(Oc5ccccc5)c(C)c4)c3c2)CC1. The molecule has 194 valence electrons. The van der Waals surface area contributed by atoms with Crippen LogP contribution in [0.5, 0.6) is 11.5 Å². The molecular formula is C31H32N4O3. The summed E-state index contributed by atoms with van der Waals surface area (Å²) in [7, 11) is 3.42. The normalized spacial score (nSPS) is 15.0. The average molecular weight is 509 g/mol. The van der Waals surface area contributed by atoms with Crippen LogP contribution in [0.2, 0.25) is 0 Å². The van der Waals surface area contributed by atoms with E-state index < -0.39 is 5.79 Å². The first-order valence-corrected chi connectivity index (χ1v) is 12.7. The van der Waals surface area contributed by atoms with E-state index in [1.54, 1.807) is 20.5 Å². The molecule has 1 fully saturated rings. The molecule has 1 aliphatic heterocycles. The molecule has 0 aliphatic carbocycles. The summed E-state index contributed by atoms with van der Waals surface area (Å²) < 4.78 is 17.2. The number of rotatable bonds is 7. The van der Waals surface area contributed by atoms with Crippen molar-refractivity contribution in [1.29, 1.82) is 0 Å². The molecule has 1 aliphatic rings. The van der Waals surface area contributed by atoms with Crippen molar-refractivity contribution in [2.24, 2.45) is 0 Å². The van der Waals surface area contributed by atoms with E-state index in [2.05, 4.69) is 38.1 Å². The molecule has 5 rings (SSSR count). The van der Waals surface area contributed by atoms with E-state index in [1.807, 2.05) is 67.6 Å². The minimum absolute atomic E-state index is 0.459. The summed E-state index contributed by atoms with van der Waals surface area (Å²) in [5, 5.41) is 4.37. The van der Waals surface area contributed by atoms with Crippen LogP contribution in [-0.4, -0.2) is 54.5 Å². The van der Waals surface area contributed by atoms with Gasteiger partial charge in [0.2, 0.25) is 0 Å². The Morgan fingerprint density at radius 3 is 2.47 bits per heavy atom. The fourth-order valence-electron chi connectivity index (χ4n) is 4.62. The number of piperidine rings is 1. The van der Waals surface area contributed by atoms with Gasteiger partial charge in [0.15, 0.2) is 5.79 Å². The number of methoxy groups -OCH3 is 2. The lowest BCUT2D eigenvalue weighted by Crippen LogP contribution is -2.46. The second kappa shape index (κ2) is 11.6. The number of aryl methyl sites for hydroxylation is 1. The number of anilines is 2. The summed E-state index contributed by atoms with van der Waals surface area (Å²) in [4.78, 5) is 11.3. The highest BCUT2D eigenvalue weighted by atomic mass is 16.7. The monoisotopic (exact) mass is 508 g/mol. The van der Waals surface area contributed by atoms with E-state index in [4.69, 9.17) is 14.2 Å². The van der Waals surface area contributed by atoms with Crippen molar-refractivity contribution in [3.05, 3.63) is 84.2 Å². The van der Waals surface area contributed by atoms with Crippen LogP contribution in [0.4, 0.5) is 11.5 Å². The topological polar surface area (TPSA) is 68.7 Å². The van der Waals surface area contributed by atoms with Gasteiger partial charge in [-0.25, -0.2) is 9.97 Å². The lowest BCUT2D eigenvalue weighted by molar-refractivity contribution is -0.228. The predicted molar refractivity (Wildman–Crippen MR) is 150 cm³/mol. The number of fused-ring (bicyclic) bond motifs is 1. The maximum absolute atomic E-state index is 6.02. The zero-order chi connectivity index (χ0) is 26.4. The molecule has 0 atom stereocenters. The third-order valence-corrected chi connectivity index (χ3v) is 6.94. The van der Waals surface area contributed by atoms with E-state index in [0.29, 0.717) is 6.54 Å². The standard InChI is InChI=1S/C31H32N4O3/c1-23-20-25(12-14-29(23)38-26-9-5-4-6-10-26)34-30-27-21-24(11-13-28(27)32-22-33-30)8-7-17-35-18-15-31(36-2,37-3)16-19-35/h4-6,9-14,20-22H,15-19H2,1-3H3,(H,32,33,34). The van der Waals surface area contributed by atoms with Crippen molar-refractivity contribution in [3.63, 3.8) is 0 Å². The summed E-state index contributed by atoms with van der Waals surface area (Å²) in [6.07, 6.45) is 3.25. The number of nitrogens with one attached hydrogen (secondary N) is 1. The second-order valence-electron chi connectivity index (χ2n) is 9.37. The van der Waals surface area contributed by atoms with Crippen LogP contribution in [0.3, 0.4) is 0 Å². The molecule has 4 aromatic rings. The van der Waals surface area contributed by atoms with Crippen LogP contribution < -0.4 is 10.1 Å². The first-order valence-electron chi connectivity index (χ1n) is 12.7. The first-order chi connectivity index (χ1) is 18.6. The Labute approximate surface area is 223 Å². The van der Waals surface area contributed by atoms with Gasteiger partial charge in [0, 0.05) is 56.8 Å². The maximum Gasteiger partial charge on any atom is 0.169 e. The van der Waals surface area contributed by atoms with Gasteiger partial charge in [-0.15, -0.1) is 0 Å². The van der Waals surface area contributed by atoms with Gasteiger partial charge in [-0.3, -0.25) is 4.90 Å². The largest absolute Gasteiger partial charge is 0.457 e. The predicted octanol–water partition coefficient (Wildman–Crippen LogP) is 5.91. The van der Waals surface area contributed by atoms with Crippen LogP contribution in [-0.2, 0) is 9.47 Å². The quantitative estimate of drug-likeness (QED) is 0.246. The van der Waals surface area contributed by atoms with E-state index in [0.717, 1.165) is 71.0 Å². The molecule has 0 spiro atoms. The van der Waals surface area contributed by atoms with Crippen molar-refractivity contribution < 1.29 is 14.2 Å². The molecule has 3 aromatic carbocycles. The Balaban J connectivity index is 1.28. The molecule has 0 unspecified atom stereocenters. The van der Waals surface area contributed by atoms with Gasteiger partial charge in [-0.2, -0.15) is 0 Å². The van der Waals surface area contributed by atoms with Gasteiger partial charge in [0.1, 0.15) is 23.6 Å². The van der Waals surface area contributed by atoms with Gasteiger partial charge in [0.25, 0.3) is 0 Å². The summed E-state index contributed by atoms with van der Waals surface area (Å²) >= 11 is 0. The maximum atomic E-state index is 6.02. The summed E-state index contributed by atoms with van der Waals surface area (Å²) in [6.45, 7) is 4.52. The highest BCUT2D eigenvalue weighted by Gasteiger charge is 2.34. The van der Waals surface area contributed by atoms with Crippen molar-refractivity contribution in [2.75, 3.05) is 39.2 Å². The van der Waals surface area contributed by atoms with E-state index in [9.17, 15) is 0 Å². The number of hydrogen-bond donors (Lipinski definition) is 1. The highest BCUT2D eigenvalue weighted by molar-refractivity contribution is 5.91. The summed E-state index contributed by atoms with van der Waals surface area (Å²) in [5.74, 6) is 8.54. The van der Waals surface area contributed by atoms with Crippen LogP contribution in [0.25, 0.3) is 10.9 Å². The number of benzene rings is 3. The molecule has 7 heteroatoms. The Morgan fingerprint density at radius 1 is 0.947 bits per heavy atom. The van der Waals surface area contributed by atoms with Crippen molar-refractivity contribution in [3.8, 4) is 23.3 Å². The van der Waals surface area contributed by atoms with Gasteiger partial charge in [0.05, 0.1) is 12.1 Å². The van der Waals surface area contributed by atoms with Crippen LogP contribution in [0, 0.1) is 18.8 Å². The minimum atomic E-state index is -0.459. The van der Waals surface area contributed by atoms with Gasteiger partial charge in [-0.05, 0) is 61.0 Å². The fourth-order valence-corrected chi connectivity index (χ4v) is 4.62. The fraction of sp³-hybridized carbons (Fsp3) is 0.290. The molecule has 0 amide bonds. The molecule has 0 radical (unpaired) electrons. The lowest BCUT2D eigenvalue weighted by atomic mass is 10.0. The zero-order valence-corrected chi connectivity index (χ0v) is 22.0. The number of para-hydroxylation sites is 1. The second-order valence-corrected chi connectivity index (χ2v) is 9.37. The minimum Gasteiger partial charge on any atom is -0.457 e. The molecule has 1 aromatic heterocycles. The van der Waals surface area contributed by atoms with Crippen LogP contribution in [0.1, 0.15) is 24.0 Å². The Bertz CT molecular complexity index is 1450. The van der Waals surface area contributed by atoms with Gasteiger partial charge in [-0.1, -0.05) is 30.0 Å². The van der Waals surface area contributed by atoms with Crippen LogP contribution in [0.15, 0.2) is 73.1 Å². The molecule has 2 heterocycles. The highest BCUT2D eigenvalue weighted by Crippen LogP contribution is 2.30. The molecule has 1 N–H and O–H groups in total. The molecule has 38 heavy (non-hydrogen) atoms. The van der Waals surface area contributed by atoms with Gasteiger partial charge >= 0.3 is 0 Å². The van der Waals surface area contributed by atoms with Crippen molar-refractivity contribution in [1.82, 2.24) is 14.9 Å². The average Bonchev–Trinajstić information content (AvgIpc) is 2.96. The van der Waals surface area contributed by atoms with E-state index in [-0.39, 0.29) is 0 Å². The van der Waals surface area contributed by atoms with E-state index >= 15 is 0 Å². The number of nitrogens with zero attached hydrogens (tertiary/aromatic N) is 3. The number of aromatic nitrogens is 2. The van der Waals surface area contributed by atoms with Crippen LogP contribution >= 0.6 is 0 Å². The van der Waals surface area contributed by atoms with E-state index in [1.165, 1.54) is 0 Å². The first kappa shape index (κ1) is 25.7. The van der Waals surface area contributed by atoms with Crippen molar-refractivity contribution in [2.45, 2.75) is 25.6 Å². The smallest absolute Gasteiger partial charge is 0.169 e. The molecule has 7 nitrogen and oxygen atoms in total. The zero-order valence-electron chi connectivity index (χ0n) is 22.0. The molecule has 0 bridgehead atoms. The summed E-state index contributed by atoms with van der Waals surface area (Å²) in [5.41, 5.74) is 3.74. The van der Waals surface area contributed by atoms with Crippen molar-refractivity contribution >= 4 is 22.4 Å².